The lowest BCUT2D eigenvalue weighted by Gasteiger charge is -2.36. The summed E-state index contributed by atoms with van der Waals surface area (Å²) in [5, 5.41) is 3.35. The average molecular weight is 444 g/mol. The fourth-order valence-corrected chi connectivity index (χ4v) is 3.46. The minimum Gasteiger partial charge on any atom is -0.497 e. The van der Waals surface area contributed by atoms with Gasteiger partial charge in [0.15, 0.2) is 0 Å². The number of carbonyl (C=O) groups excluding carboxylic acids is 2. The Morgan fingerprint density at radius 3 is 2.39 bits per heavy atom. The molecule has 0 bridgehead atoms. The molecule has 0 unspecified atom stereocenters. The van der Waals surface area contributed by atoms with Crippen molar-refractivity contribution in [1.82, 2.24) is 10.2 Å². The van der Waals surface area contributed by atoms with Crippen LogP contribution in [0.3, 0.4) is 0 Å². The SMILES string of the molecule is COc1ccc(OC)c(/C=C/C(=O)NCC(=O)N2CCN(c3ccc(Cl)cc3)CC2)c1. The highest BCUT2D eigenvalue weighted by Crippen LogP contribution is 2.25. The summed E-state index contributed by atoms with van der Waals surface area (Å²) < 4.78 is 10.5. The van der Waals surface area contributed by atoms with E-state index in [-0.39, 0.29) is 18.4 Å². The van der Waals surface area contributed by atoms with Crippen molar-refractivity contribution in [2.75, 3.05) is 51.8 Å². The number of rotatable bonds is 7. The number of halogens is 1. The van der Waals surface area contributed by atoms with Crippen LogP contribution in [0.25, 0.3) is 6.08 Å². The minimum atomic E-state index is -0.349. The predicted molar refractivity (Wildman–Crippen MR) is 122 cm³/mol. The standard InChI is InChI=1S/C23H26ClN3O4/c1-30-20-8-9-21(31-2)17(15-20)3-10-22(28)25-16-23(29)27-13-11-26(12-14-27)19-6-4-18(24)5-7-19/h3-10,15H,11-14,16H2,1-2H3,(H,25,28)/b10-3+. The van der Waals surface area contributed by atoms with Gasteiger partial charge < -0.3 is 24.6 Å². The van der Waals surface area contributed by atoms with E-state index in [0.717, 1.165) is 18.8 Å². The molecule has 2 aromatic carbocycles. The van der Waals surface area contributed by atoms with Crippen molar-refractivity contribution in [2.45, 2.75) is 0 Å². The van der Waals surface area contributed by atoms with E-state index in [4.69, 9.17) is 21.1 Å². The van der Waals surface area contributed by atoms with Gasteiger partial charge in [-0.25, -0.2) is 0 Å². The minimum absolute atomic E-state index is 0.0423. The van der Waals surface area contributed by atoms with Gasteiger partial charge in [0.05, 0.1) is 20.8 Å². The molecule has 2 aromatic rings. The second kappa shape index (κ2) is 10.7. The van der Waals surface area contributed by atoms with E-state index < -0.39 is 0 Å². The first kappa shape index (κ1) is 22.5. The Bertz CT molecular complexity index is 938. The van der Waals surface area contributed by atoms with Crippen LogP contribution in [-0.4, -0.2) is 63.7 Å². The maximum absolute atomic E-state index is 12.5. The summed E-state index contributed by atoms with van der Waals surface area (Å²) in [4.78, 5) is 28.6. The van der Waals surface area contributed by atoms with Crippen LogP contribution >= 0.6 is 11.6 Å². The first-order valence-corrected chi connectivity index (χ1v) is 10.3. The van der Waals surface area contributed by atoms with Gasteiger partial charge in [-0.05, 0) is 48.5 Å². The fourth-order valence-electron chi connectivity index (χ4n) is 3.33. The van der Waals surface area contributed by atoms with Gasteiger partial charge in [-0.2, -0.15) is 0 Å². The van der Waals surface area contributed by atoms with Crippen LogP contribution in [0.1, 0.15) is 5.56 Å². The number of carbonyl (C=O) groups is 2. The number of hydrogen-bond donors (Lipinski definition) is 1. The summed E-state index contributed by atoms with van der Waals surface area (Å²) in [6.45, 7) is 2.63. The molecule has 2 amide bonds. The monoisotopic (exact) mass is 443 g/mol. The molecule has 0 spiro atoms. The summed E-state index contributed by atoms with van der Waals surface area (Å²) in [6, 6.07) is 13.0. The zero-order valence-corrected chi connectivity index (χ0v) is 18.4. The summed E-state index contributed by atoms with van der Waals surface area (Å²) >= 11 is 5.94. The number of amides is 2. The number of hydrogen-bond acceptors (Lipinski definition) is 5. The number of nitrogens with one attached hydrogen (secondary N) is 1. The van der Waals surface area contributed by atoms with Crippen molar-refractivity contribution in [3.8, 4) is 11.5 Å². The zero-order valence-electron chi connectivity index (χ0n) is 17.6. The maximum atomic E-state index is 12.5. The summed E-state index contributed by atoms with van der Waals surface area (Å²) in [5.41, 5.74) is 1.80. The molecular formula is C23H26ClN3O4. The Hall–Kier alpha value is -3.19. The highest BCUT2D eigenvalue weighted by atomic mass is 35.5. The third-order valence-electron chi connectivity index (χ3n) is 5.09. The second-order valence-electron chi connectivity index (χ2n) is 7.00. The molecule has 0 atom stereocenters. The van der Waals surface area contributed by atoms with Crippen LogP contribution in [0.5, 0.6) is 11.5 Å². The smallest absolute Gasteiger partial charge is 0.244 e. The first-order chi connectivity index (χ1) is 15.0. The lowest BCUT2D eigenvalue weighted by atomic mass is 10.1. The molecule has 1 fully saturated rings. The zero-order chi connectivity index (χ0) is 22.2. The van der Waals surface area contributed by atoms with Gasteiger partial charge in [0, 0.05) is 48.5 Å². The normalized spacial score (nSPS) is 13.9. The lowest BCUT2D eigenvalue weighted by molar-refractivity contribution is -0.132. The fraction of sp³-hybridized carbons (Fsp3) is 0.304. The molecule has 0 saturated carbocycles. The Balaban J connectivity index is 1.47. The van der Waals surface area contributed by atoms with Gasteiger partial charge >= 0.3 is 0 Å². The average Bonchev–Trinajstić information content (AvgIpc) is 2.81. The molecule has 1 saturated heterocycles. The van der Waals surface area contributed by atoms with Crippen LogP contribution in [0.4, 0.5) is 5.69 Å². The number of ether oxygens (including phenoxy) is 2. The van der Waals surface area contributed by atoms with Crippen molar-refractivity contribution < 1.29 is 19.1 Å². The van der Waals surface area contributed by atoms with Crippen LogP contribution in [0.15, 0.2) is 48.5 Å². The topological polar surface area (TPSA) is 71.1 Å². The van der Waals surface area contributed by atoms with Gasteiger partial charge in [-0.3, -0.25) is 9.59 Å². The summed E-state index contributed by atoms with van der Waals surface area (Å²) in [5.74, 6) is 0.836. The molecule has 1 aliphatic heterocycles. The molecule has 1 heterocycles. The number of nitrogens with zero attached hydrogens (tertiary/aromatic N) is 2. The van der Waals surface area contributed by atoms with Crippen LogP contribution in [0.2, 0.25) is 5.02 Å². The van der Waals surface area contributed by atoms with Crippen molar-refractivity contribution in [1.29, 1.82) is 0 Å². The molecule has 164 valence electrons. The number of benzene rings is 2. The van der Waals surface area contributed by atoms with Crippen LogP contribution in [-0.2, 0) is 9.59 Å². The van der Waals surface area contributed by atoms with Crippen molar-refractivity contribution >= 4 is 35.2 Å². The van der Waals surface area contributed by atoms with E-state index >= 15 is 0 Å². The van der Waals surface area contributed by atoms with Gasteiger partial charge in [-0.15, -0.1) is 0 Å². The highest BCUT2D eigenvalue weighted by molar-refractivity contribution is 6.30. The second-order valence-corrected chi connectivity index (χ2v) is 7.44. The van der Waals surface area contributed by atoms with E-state index in [0.29, 0.717) is 35.2 Å². The maximum Gasteiger partial charge on any atom is 0.244 e. The van der Waals surface area contributed by atoms with E-state index in [1.807, 2.05) is 24.3 Å². The van der Waals surface area contributed by atoms with Crippen molar-refractivity contribution in [3.63, 3.8) is 0 Å². The largest absolute Gasteiger partial charge is 0.497 e. The number of anilines is 1. The third kappa shape index (κ3) is 6.15. The summed E-state index contributed by atoms with van der Waals surface area (Å²) in [6.07, 6.45) is 3.01. The Kier molecular flexibility index (Phi) is 7.78. The quantitative estimate of drug-likeness (QED) is 0.666. The first-order valence-electron chi connectivity index (χ1n) is 9.96. The van der Waals surface area contributed by atoms with Crippen LogP contribution < -0.4 is 19.7 Å². The Labute approximate surface area is 187 Å². The number of methoxy groups -OCH3 is 2. The van der Waals surface area contributed by atoms with E-state index in [9.17, 15) is 9.59 Å². The highest BCUT2D eigenvalue weighted by Gasteiger charge is 2.21. The Morgan fingerprint density at radius 1 is 1.03 bits per heavy atom. The van der Waals surface area contributed by atoms with E-state index in [2.05, 4.69) is 10.2 Å². The Morgan fingerprint density at radius 2 is 1.74 bits per heavy atom. The molecule has 8 heteroatoms. The van der Waals surface area contributed by atoms with Crippen molar-refractivity contribution in [3.05, 3.63) is 59.1 Å². The van der Waals surface area contributed by atoms with E-state index in [1.54, 1.807) is 43.4 Å². The number of piperazine rings is 1. The van der Waals surface area contributed by atoms with E-state index in [1.165, 1.54) is 6.08 Å². The molecule has 3 rings (SSSR count). The molecule has 0 aromatic heterocycles. The van der Waals surface area contributed by atoms with Gasteiger partial charge in [0.25, 0.3) is 0 Å². The van der Waals surface area contributed by atoms with Gasteiger partial charge in [-0.1, -0.05) is 11.6 Å². The van der Waals surface area contributed by atoms with Gasteiger partial charge in [0.1, 0.15) is 11.5 Å². The molecular weight excluding hydrogens is 418 g/mol. The molecule has 0 radical (unpaired) electrons. The molecule has 1 aliphatic rings. The predicted octanol–water partition coefficient (Wildman–Crippen LogP) is 2.84. The van der Waals surface area contributed by atoms with Gasteiger partial charge in [0.2, 0.25) is 11.8 Å². The summed E-state index contributed by atoms with van der Waals surface area (Å²) in [7, 11) is 3.13. The molecule has 1 N–H and O–H groups in total. The molecule has 7 nitrogen and oxygen atoms in total. The third-order valence-corrected chi connectivity index (χ3v) is 5.34. The molecule has 31 heavy (non-hydrogen) atoms. The van der Waals surface area contributed by atoms with Crippen molar-refractivity contribution in [2.24, 2.45) is 0 Å². The molecule has 0 aliphatic carbocycles. The van der Waals surface area contributed by atoms with Crippen LogP contribution in [0, 0.1) is 0 Å². The lowest BCUT2D eigenvalue weighted by Crippen LogP contribution is -2.51.